The van der Waals surface area contributed by atoms with Crippen molar-refractivity contribution >= 4 is 15.6 Å². The van der Waals surface area contributed by atoms with Crippen molar-refractivity contribution in [2.45, 2.75) is 0 Å². The van der Waals surface area contributed by atoms with Crippen molar-refractivity contribution in [1.82, 2.24) is 0 Å². The van der Waals surface area contributed by atoms with Gasteiger partial charge >= 0.3 is 32.7 Å². The molecule has 0 bridgehead atoms. The third-order valence-corrected chi connectivity index (χ3v) is 0. The number of rotatable bonds is 0. The van der Waals surface area contributed by atoms with Crippen LogP contribution in [0.5, 0.6) is 0 Å². The van der Waals surface area contributed by atoms with E-state index >= 15 is 0 Å². The summed E-state index contributed by atoms with van der Waals surface area (Å²) < 4.78 is 17.8. The first-order valence-electron chi connectivity index (χ1n) is 1.57. The SMILES string of the molecule is O=P(O)(O)O.O=P(O)(O)O.[Cu+]. The van der Waals surface area contributed by atoms with E-state index in [1.165, 1.54) is 0 Å². The van der Waals surface area contributed by atoms with E-state index in [0.717, 1.165) is 0 Å². The molecule has 0 spiro atoms. The molecule has 0 atom stereocenters. The van der Waals surface area contributed by atoms with Crippen molar-refractivity contribution in [3.63, 3.8) is 0 Å². The molecular weight excluding hydrogens is 253 g/mol. The van der Waals surface area contributed by atoms with Gasteiger partial charge in [0.05, 0.1) is 0 Å². The first-order chi connectivity index (χ1) is 4.00. The van der Waals surface area contributed by atoms with Crippen molar-refractivity contribution < 1.29 is 55.6 Å². The molecule has 74 valence electrons. The zero-order chi connectivity index (χ0) is 9.00. The summed E-state index contributed by atoms with van der Waals surface area (Å²) in [6, 6.07) is 0. The van der Waals surface area contributed by atoms with E-state index in [1.807, 2.05) is 0 Å². The van der Waals surface area contributed by atoms with E-state index in [9.17, 15) is 0 Å². The van der Waals surface area contributed by atoms with Crippen molar-refractivity contribution in [1.29, 1.82) is 0 Å². The van der Waals surface area contributed by atoms with Gasteiger partial charge in [-0.15, -0.1) is 0 Å². The molecule has 0 fully saturated rings. The van der Waals surface area contributed by atoms with E-state index in [1.54, 1.807) is 0 Å². The Morgan fingerprint density at radius 1 is 0.636 bits per heavy atom. The van der Waals surface area contributed by atoms with Crippen molar-refractivity contribution in [2.24, 2.45) is 0 Å². The second-order valence-electron chi connectivity index (χ2n) is 1.03. The molecule has 0 radical (unpaired) electrons. The van der Waals surface area contributed by atoms with Crippen LogP contribution in [0.1, 0.15) is 0 Å². The van der Waals surface area contributed by atoms with Crippen molar-refractivity contribution in [3.05, 3.63) is 0 Å². The fraction of sp³-hybridized carbons (Fsp3) is 0. The van der Waals surface area contributed by atoms with Gasteiger partial charge in [0.15, 0.2) is 0 Å². The Kier molecular flexibility index (Phi) is 10.1. The molecule has 0 unspecified atom stereocenters. The summed E-state index contributed by atoms with van der Waals surface area (Å²) in [5, 5.41) is 0. The van der Waals surface area contributed by atoms with E-state index in [0.29, 0.717) is 0 Å². The topological polar surface area (TPSA) is 156 Å². The summed E-state index contributed by atoms with van der Waals surface area (Å²) in [5.41, 5.74) is 0. The molecule has 11 heteroatoms. The zero-order valence-corrected chi connectivity index (χ0v) is 7.43. The van der Waals surface area contributed by atoms with Crippen LogP contribution in [0, 0.1) is 0 Å². The van der Waals surface area contributed by atoms with Crippen LogP contribution < -0.4 is 0 Å². The van der Waals surface area contributed by atoms with Gasteiger partial charge in [-0.1, -0.05) is 0 Å². The average Bonchev–Trinajstić information content (AvgIpc) is 1.12. The predicted molar refractivity (Wildman–Crippen MR) is 28.5 cm³/mol. The molecule has 0 aromatic heterocycles. The Morgan fingerprint density at radius 2 is 0.636 bits per heavy atom. The third-order valence-electron chi connectivity index (χ3n) is 0. The molecule has 0 aliphatic heterocycles. The largest absolute Gasteiger partial charge is 1.00 e. The standard InChI is InChI=1S/Cu.2H3O4P/c;2*1-5(2,3)4/h;2*(H3,1,2,3,4)/q+1;;. The Hall–Kier alpha value is 0.739. The van der Waals surface area contributed by atoms with Crippen LogP contribution in [0.3, 0.4) is 0 Å². The summed E-state index contributed by atoms with van der Waals surface area (Å²) >= 11 is 0. The molecule has 0 aliphatic rings. The van der Waals surface area contributed by atoms with Gasteiger partial charge in [-0.3, -0.25) is 0 Å². The van der Waals surface area contributed by atoms with Crippen LogP contribution in [0.2, 0.25) is 0 Å². The first-order valence-corrected chi connectivity index (χ1v) is 4.70. The third kappa shape index (κ3) is 1500. The summed E-state index contributed by atoms with van der Waals surface area (Å²) in [7, 11) is -9.28. The van der Waals surface area contributed by atoms with Gasteiger partial charge in [0.1, 0.15) is 0 Å². The summed E-state index contributed by atoms with van der Waals surface area (Å²) in [4.78, 5) is 43.1. The molecule has 8 nitrogen and oxygen atoms in total. The van der Waals surface area contributed by atoms with Crippen molar-refractivity contribution in [3.8, 4) is 0 Å². The minimum absolute atomic E-state index is 0. The van der Waals surface area contributed by atoms with Gasteiger partial charge in [-0.2, -0.15) is 0 Å². The Labute approximate surface area is 71.8 Å². The monoisotopic (exact) mass is 259 g/mol. The second-order valence-corrected chi connectivity index (χ2v) is 3.08. The van der Waals surface area contributed by atoms with Crippen LogP contribution in [-0.2, 0) is 26.2 Å². The maximum absolute atomic E-state index is 8.88. The summed E-state index contributed by atoms with van der Waals surface area (Å²) in [6.45, 7) is 0. The molecular formula is H6CuO8P2+. The molecule has 0 aromatic carbocycles. The molecule has 0 saturated carbocycles. The smallest absolute Gasteiger partial charge is 0.303 e. The van der Waals surface area contributed by atoms with Gasteiger partial charge in [-0.05, 0) is 0 Å². The maximum atomic E-state index is 8.88. The Bertz CT molecular complexity index is 124. The Balaban J connectivity index is -0.000000107. The average molecular weight is 260 g/mol. The molecule has 0 amide bonds. The molecule has 0 aliphatic carbocycles. The van der Waals surface area contributed by atoms with E-state index in [4.69, 9.17) is 38.5 Å². The van der Waals surface area contributed by atoms with Crippen LogP contribution >= 0.6 is 15.6 Å². The molecule has 0 aromatic rings. The fourth-order valence-electron chi connectivity index (χ4n) is 0. The Morgan fingerprint density at radius 3 is 0.636 bits per heavy atom. The second kappa shape index (κ2) is 6.28. The van der Waals surface area contributed by atoms with E-state index < -0.39 is 15.6 Å². The summed E-state index contributed by atoms with van der Waals surface area (Å²) in [6.07, 6.45) is 0. The van der Waals surface area contributed by atoms with Crippen molar-refractivity contribution in [2.75, 3.05) is 0 Å². The quantitative estimate of drug-likeness (QED) is 0.218. The fourth-order valence-corrected chi connectivity index (χ4v) is 0. The van der Waals surface area contributed by atoms with E-state index in [-0.39, 0.29) is 17.1 Å². The van der Waals surface area contributed by atoms with Gasteiger partial charge in [0.2, 0.25) is 0 Å². The maximum Gasteiger partial charge on any atom is 1.00 e. The van der Waals surface area contributed by atoms with Gasteiger partial charge in [0.25, 0.3) is 0 Å². The van der Waals surface area contributed by atoms with Crippen LogP contribution in [-0.4, -0.2) is 29.4 Å². The zero-order valence-electron chi connectivity index (χ0n) is 4.70. The van der Waals surface area contributed by atoms with Crippen LogP contribution in [0.4, 0.5) is 0 Å². The number of hydrogen-bond donors (Lipinski definition) is 6. The minimum Gasteiger partial charge on any atom is -0.303 e. The van der Waals surface area contributed by atoms with Gasteiger partial charge in [-0.25, -0.2) is 9.13 Å². The van der Waals surface area contributed by atoms with E-state index in [2.05, 4.69) is 0 Å². The number of phosphoric acid groups is 2. The molecule has 0 saturated heterocycles. The number of hydrogen-bond acceptors (Lipinski definition) is 2. The van der Waals surface area contributed by atoms with Crippen LogP contribution in [0.25, 0.3) is 0 Å². The normalized spacial score (nSPS) is 10.7. The van der Waals surface area contributed by atoms with Crippen LogP contribution in [0.15, 0.2) is 0 Å². The first kappa shape index (κ1) is 17.7. The summed E-state index contributed by atoms with van der Waals surface area (Å²) in [5.74, 6) is 0. The molecule has 0 heterocycles. The predicted octanol–water partition coefficient (Wildman–Crippen LogP) is -1.86. The van der Waals surface area contributed by atoms with Gasteiger partial charge in [0, 0.05) is 0 Å². The molecule has 6 N–H and O–H groups in total. The van der Waals surface area contributed by atoms with Gasteiger partial charge < -0.3 is 29.4 Å². The molecule has 0 rings (SSSR count). The molecule has 11 heavy (non-hydrogen) atoms. The minimum atomic E-state index is -4.64.